The third-order valence-electron chi connectivity index (χ3n) is 9.10. The number of ether oxygens (including phenoxy) is 1. The number of benzene rings is 3. The molecule has 0 spiro atoms. The topological polar surface area (TPSA) is 117 Å². The average Bonchev–Trinajstić information content (AvgIpc) is 3.51. The van der Waals surface area contributed by atoms with E-state index < -0.39 is 17.8 Å². The summed E-state index contributed by atoms with van der Waals surface area (Å²) in [5.74, 6) is -1.39. The summed E-state index contributed by atoms with van der Waals surface area (Å²) in [6.45, 7) is 7.36. The van der Waals surface area contributed by atoms with Gasteiger partial charge in [0.15, 0.2) is 17.3 Å². The number of methoxy groups -OCH3 is 1. The molecule has 0 unspecified atom stereocenters. The van der Waals surface area contributed by atoms with Crippen molar-refractivity contribution in [1.82, 2.24) is 19.6 Å². The number of nitrogens with zero attached hydrogens (tertiary/aromatic N) is 4. The maximum absolute atomic E-state index is 14.5. The molecule has 1 atom stereocenters. The molecule has 4 aromatic rings. The Morgan fingerprint density at radius 3 is 2.38 bits per heavy atom. The molecule has 1 aliphatic rings. The zero-order chi connectivity index (χ0) is 35.8. The van der Waals surface area contributed by atoms with Crippen LogP contribution in [0.2, 0.25) is 0 Å². The second kappa shape index (κ2) is 16.6. The predicted octanol–water partition coefficient (Wildman–Crippen LogP) is 6.11. The Morgan fingerprint density at radius 1 is 1.00 bits per heavy atom. The first kappa shape index (κ1) is 36.3. The standard InChI is InChI=1S/C39H46FN5O5/c1-5-7-17-43(18-8-6-2)39(49)34-19-26(3)45(42-34)35-15-14-30(41-37(47)21-27-13-16-36(50-4)33(40)20-27)23-32(35)38(48)44-24-29-12-10-9-11-28(29)22-31(44)25-46/h9-16,19-20,23,31,46H,5-8,17-18,21-22,24-25H2,1-4H3,(H,41,47)/t31-/m0/s1. The molecule has 10 nitrogen and oxygen atoms in total. The van der Waals surface area contributed by atoms with Gasteiger partial charge in [-0.2, -0.15) is 5.10 Å². The highest BCUT2D eigenvalue weighted by Crippen LogP contribution is 2.29. The molecular weight excluding hydrogens is 637 g/mol. The van der Waals surface area contributed by atoms with Crippen LogP contribution in [0.1, 0.15) is 82.8 Å². The van der Waals surface area contributed by atoms with Crippen LogP contribution in [-0.2, 0) is 24.2 Å². The van der Waals surface area contributed by atoms with Gasteiger partial charge in [-0.15, -0.1) is 0 Å². The molecule has 5 rings (SSSR count). The van der Waals surface area contributed by atoms with Crippen LogP contribution in [-0.4, -0.2) is 75.3 Å². The number of hydrogen-bond donors (Lipinski definition) is 2. The molecule has 0 bridgehead atoms. The van der Waals surface area contributed by atoms with Crippen molar-refractivity contribution in [3.8, 4) is 11.4 Å². The van der Waals surface area contributed by atoms with Crippen LogP contribution in [0.25, 0.3) is 5.69 Å². The molecule has 2 N–H and O–H groups in total. The molecule has 0 radical (unpaired) electrons. The molecular formula is C39H46FN5O5. The van der Waals surface area contributed by atoms with E-state index in [4.69, 9.17) is 9.84 Å². The fraction of sp³-hybridized carbons (Fsp3) is 0.385. The van der Waals surface area contributed by atoms with Crippen molar-refractivity contribution in [2.24, 2.45) is 0 Å². The molecule has 50 heavy (non-hydrogen) atoms. The van der Waals surface area contributed by atoms with Crippen LogP contribution in [0, 0.1) is 12.7 Å². The third kappa shape index (κ3) is 8.22. The highest BCUT2D eigenvalue weighted by atomic mass is 19.1. The van der Waals surface area contributed by atoms with Gasteiger partial charge in [0.2, 0.25) is 5.91 Å². The summed E-state index contributed by atoms with van der Waals surface area (Å²) in [5.41, 5.74) is 4.52. The molecule has 0 fully saturated rings. The van der Waals surface area contributed by atoms with E-state index in [0.717, 1.165) is 36.8 Å². The van der Waals surface area contributed by atoms with E-state index in [1.165, 1.54) is 19.2 Å². The number of fused-ring (bicyclic) bond motifs is 1. The summed E-state index contributed by atoms with van der Waals surface area (Å²) in [4.78, 5) is 44.8. The van der Waals surface area contributed by atoms with Crippen LogP contribution in [0.4, 0.5) is 10.1 Å². The second-order valence-corrected chi connectivity index (χ2v) is 12.8. The Hall–Kier alpha value is -5.03. The largest absolute Gasteiger partial charge is 0.494 e. The van der Waals surface area contributed by atoms with E-state index in [2.05, 4.69) is 19.2 Å². The molecule has 3 aromatic carbocycles. The fourth-order valence-electron chi connectivity index (χ4n) is 6.32. The van der Waals surface area contributed by atoms with Gasteiger partial charge in [-0.05, 0) is 79.3 Å². The number of hydrogen-bond acceptors (Lipinski definition) is 6. The highest BCUT2D eigenvalue weighted by molar-refractivity contribution is 6.01. The van der Waals surface area contributed by atoms with Gasteiger partial charge in [-0.25, -0.2) is 9.07 Å². The second-order valence-electron chi connectivity index (χ2n) is 12.8. The van der Waals surface area contributed by atoms with Crippen molar-refractivity contribution >= 4 is 23.4 Å². The molecule has 3 amide bonds. The van der Waals surface area contributed by atoms with Gasteiger partial charge >= 0.3 is 0 Å². The lowest BCUT2D eigenvalue weighted by Gasteiger charge is -2.36. The molecule has 11 heteroatoms. The van der Waals surface area contributed by atoms with Gasteiger partial charge in [-0.3, -0.25) is 14.4 Å². The Kier molecular flexibility index (Phi) is 12.0. The number of nitrogens with one attached hydrogen (secondary N) is 1. The number of aryl methyl sites for hydroxylation is 1. The lowest BCUT2D eigenvalue weighted by molar-refractivity contribution is -0.115. The van der Waals surface area contributed by atoms with Gasteiger partial charge in [0.1, 0.15) is 0 Å². The number of aromatic nitrogens is 2. The van der Waals surface area contributed by atoms with E-state index in [1.807, 2.05) is 36.1 Å². The van der Waals surface area contributed by atoms with Crippen LogP contribution in [0.5, 0.6) is 5.75 Å². The maximum Gasteiger partial charge on any atom is 0.274 e. The number of aliphatic hydroxyl groups excluding tert-OH is 1. The lowest BCUT2D eigenvalue weighted by atomic mass is 9.93. The quantitative estimate of drug-likeness (QED) is 0.166. The highest BCUT2D eigenvalue weighted by Gasteiger charge is 2.32. The van der Waals surface area contributed by atoms with Crippen molar-refractivity contribution in [1.29, 1.82) is 0 Å². The number of halogens is 1. The summed E-state index contributed by atoms with van der Waals surface area (Å²) in [5, 5.41) is 17.9. The Bertz CT molecular complexity index is 1830. The normalized spacial score (nSPS) is 13.9. The van der Waals surface area contributed by atoms with E-state index in [-0.39, 0.29) is 41.8 Å². The number of amides is 3. The zero-order valence-corrected chi connectivity index (χ0v) is 29.2. The molecule has 1 aliphatic heterocycles. The molecule has 0 saturated carbocycles. The number of rotatable bonds is 14. The van der Waals surface area contributed by atoms with Crippen molar-refractivity contribution < 1.29 is 28.6 Å². The fourth-order valence-corrected chi connectivity index (χ4v) is 6.32. The van der Waals surface area contributed by atoms with E-state index in [0.29, 0.717) is 48.7 Å². The summed E-state index contributed by atoms with van der Waals surface area (Å²) in [7, 11) is 1.37. The summed E-state index contributed by atoms with van der Waals surface area (Å²) in [6, 6.07) is 18.4. The van der Waals surface area contributed by atoms with Crippen molar-refractivity contribution in [3.63, 3.8) is 0 Å². The minimum Gasteiger partial charge on any atom is -0.494 e. The number of aliphatic hydroxyl groups is 1. The van der Waals surface area contributed by atoms with E-state index >= 15 is 0 Å². The van der Waals surface area contributed by atoms with E-state index in [9.17, 15) is 23.9 Å². The van der Waals surface area contributed by atoms with Crippen molar-refractivity contribution in [3.05, 3.63) is 106 Å². The summed E-state index contributed by atoms with van der Waals surface area (Å²) in [6.07, 6.45) is 4.10. The molecule has 2 heterocycles. The van der Waals surface area contributed by atoms with Crippen molar-refractivity contribution in [2.45, 2.75) is 71.9 Å². The molecule has 1 aromatic heterocycles. The number of carbonyl (C=O) groups excluding carboxylic acids is 3. The average molecular weight is 684 g/mol. The SMILES string of the molecule is CCCCN(CCCC)C(=O)c1cc(C)n(-c2ccc(NC(=O)Cc3ccc(OC)c(F)c3)cc2C(=O)N2Cc3ccccc3C[C@H]2CO)n1. The first-order valence-corrected chi connectivity index (χ1v) is 17.3. The minimum atomic E-state index is -0.567. The van der Waals surface area contributed by atoms with E-state index in [1.54, 1.807) is 39.9 Å². The van der Waals surface area contributed by atoms with Gasteiger partial charge in [-0.1, -0.05) is 57.0 Å². The van der Waals surface area contributed by atoms with Crippen LogP contribution in [0.15, 0.2) is 66.7 Å². The van der Waals surface area contributed by atoms with Gasteiger partial charge in [0.25, 0.3) is 11.8 Å². The maximum atomic E-state index is 14.5. The third-order valence-corrected chi connectivity index (χ3v) is 9.10. The zero-order valence-electron chi connectivity index (χ0n) is 29.2. The van der Waals surface area contributed by atoms with Gasteiger partial charge < -0.3 is 25.0 Å². The van der Waals surface area contributed by atoms with Gasteiger partial charge in [0.05, 0.1) is 37.4 Å². The predicted molar refractivity (Wildman–Crippen MR) is 190 cm³/mol. The number of anilines is 1. The van der Waals surface area contributed by atoms with Crippen LogP contribution >= 0.6 is 0 Å². The summed E-state index contributed by atoms with van der Waals surface area (Å²) < 4.78 is 20.9. The van der Waals surface area contributed by atoms with Crippen molar-refractivity contribution in [2.75, 3.05) is 32.1 Å². The first-order chi connectivity index (χ1) is 24.2. The molecule has 0 saturated heterocycles. The number of unbranched alkanes of at least 4 members (excludes halogenated alkanes) is 2. The van der Waals surface area contributed by atoms with Crippen LogP contribution < -0.4 is 10.1 Å². The van der Waals surface area contributed by atoms with Gasteiger partial charge in [0, 0.05) is 31.0 Å². The Balaban J connectivity index is 1.50. The molecule has 0 aliphatic carbocycles. The first-order valence-electron chi connectivity index (χ1n) is 17.3. The lowest BCUT2D eigenvalue weighted by Crippen LogP contribution is -2.46. The Morgan fingerprint density at radius 2 is 1.72 bits per heavy atom. The monoisotopic (exact) mass is 683 g/mol. The minimum absolute atomic E-state index is 0.0859. The Labute approximate surface area is 292 Å². The van der Waals surface area contributed by atoms with Crippen LogP contribution in [0.3, 0.4) is 0 Å². The number of carbonyl (C=O) groups is 3. The molecule has 264 valence electrons. The smallest absolute Gasteiger partial charge is 0.274 e. The summed E-state index contributed by atoms with van der Waals surface area (Å²) >= 11 is 0.